The van der Waals surface area contributed by atoms with E-state index < -0.39 is 0 Å². The second-order valence-corrected chi connectivity index (χ2v) is 5.62. The van der Waals surface area contributed by atoms with Crippen LogP contribution in [-0.4, -0.2) is 26.4 Å². The highest BCUT2D eigenvalue weighted by Crippen LogP contribution is 2.35. The van der Waals surface area contributed by atoms with E-state index in [2.05, 4.69) is 17.6 Å². The lowest BCUT2D eigenvalue weighted by Gasteiger charge is -2.24. The molecule has 3 rings (SSSR count). The average molecular weight is 277 g/mol. The molecule has 20 heavy (non-hydrogen) atoms. The second-order valence-electron chi connectivity index (χ2n) is 5.62. The lowest BCUT2D eigenvalue weighted by atomic mass is 9.95. The summed E-state index contributed by atoms with van der Waals surface area (Å²) in [7, 11) is 1.70. The SMILES string of the molecule is COc1ccc(C2CCONC2)cc1OC1CCCC1. The van der Waals surface area contributed by atoms with Crippen molar-refractivity contribution in [1.29, 1.82) is 0 Å². The number of methoxy groups -OCH3 is 1. The molecule has 1 N–H and O–H groups in total. The summed E-state index contributed by atoms with van der Waals surface area (Å²) >= 11 is 0. The molecule has 1 aromatic carbocycles. The first kappa shape index (κ1) is 13.7. The van der Waals surface area contributed by atoms with Crippen molar-refractivity contribution in [2.75, 3.05) is 20.3 Å². The highest BCUT2D eigenvalue weighted by molar-refractivity contribution is 5.44. The first-order valence-electron chi connectivity index (χ1n) is 7.56. The van der Waals surface area contributed by atoms with Gasteiger partial charge in [-0.05, 0) is 49.8 Å². The molecule has 4 nitrogen and oxygen atoms in total. The molecular weight excluding hydrogens is 254 g/mol. The number of benzene rings is 1. The first-order valence-corrected chi connectivity index (χ1v) is 7.56. The molecule has 1 saturated carbocycles. The number of ether oxygens (including phenoxy) is 2. The topological polar surface area (TPSA) is 39.7 Å². The maximum atomic E-state index is 6.15. The Morgan fingerprint density at radius 2 is 2.00 bits per heavy atom. The van der Waals surface area contributed by atoms with Gasteiger partial charge in [-0.3, -0.25) is 0 Å². The van der Waals surface area contributed by atoms with Gasteiger partial charge < -0.3 is 14.3 Å². The van der Waals surface area contributed by atoms with Gasteiger partial charge in [-0.25, -0.2) is 5.48 Å². The maximum absolute atomic E-state index is 6.15. The molecule has 0 radical (unpaired) electrons. The van der Waals surface area contributed by atoms with Gasteiger partial charge in [0, 0.05) is 12.5 Å². The smallest absolute Gasteiger partial charge is 0.161 e. The number of hydroxylamine groups is 1. The molecule has 1 aliphatic heterocycles. The maximum Gasteiger partial charge on any atom is 0.161 e. The summed E-state index contributed by atoms with van der Waals surface area (Å²) in [5, 5.41) is 0. The molecule has 1 unspecified atom stereocenters. The van der Waals surface area contributed by atoms with E-state index in [1.165, 1.54) is 18.4 Å². The van der Waals surface area contributed by atoms with Crippen LogP contribution in [0, 0.1) is 0 Å². The monoisotopic (exact) mass is 277 g/mol. The summed E-state index contributed by atoms with van der Waals surface area (Å²) in [6, 6.07) is 6.31. The fourth-order valence-electron chi connectivity index (χ4n) is 3.04. The number of hydrogen-bond acceptors (Lipinski definition) is 4. The van der Waals surface area contributed by atoms with Crippen molar-refractivity contribution in [2.45, 2.75) is 44.1 Å². The minimum atomic E-state index is 0.354. The Bertz CT molecular complexity index is 437. The minimum absolute atomic E-state index is 0.354. The van der Waals surface area contributed by atoms with Crippen molar-refractivity contribution in [2.24, 2.45) is 0 Å². The van der Waals surface area contributed by atoms with E-state index in [9.17, 15) is 0 Å². The van der Waals surface area contributed by atoms with Gasteiger partial charge in [0.25, 0.3) is 0 Å². The molecule has 4 heteroatoms. The molecule has 2 aliphatic rings. The van der Waals surface area contributed by atoms with E-state index in [1.807, 2.05) is 6.07 Å². The molecule has 0 spiro atoms. The molecular formula is C16H23NO3. The normalized spacial score (nSPS) is 23.8. The molecule has 2 fully saturated rings. The molecule has 0 amide bonds. The third kappa shape index (κ3) is 3.07. The van der Waals surface area contributed by atoms with Crippen LogP contribution in [0.1, 0.15) is 43.6 Å². The van der Waals surface area contributed by atoms with Gasteiger partial charge in [0.05, 0.1) is 19.8 Å². The van der Waals surface area contributed by atoms with Gasteiger partial charge in [-0.15, -0.1) is 0 Å². The van der Waals surface area contributed by atoms with Crippen molar-refractivity contribution in [3.05, 3.63) is 23.8 Å². The van der Waals surface area contributed by atoms with Crippen LogP contribution in [0.15, 0.2) is 18.2 Å². The quantitative estimate of drug-likeness (QED) is 0.918. The van der Waals surface area contributed by atoms with E-state index in [0.29, 0.717) is 12.0 Å². The number of hydrogen-bond donors (Lipinski definition) is 1. The summed E-state index contributed by atoms with van der Waals surface area (Å²) in [5.41, 5.74) is 4.28. The molecule has 1 atom stereocenters. The van der Waals surface area contributed by atoms with Gasteiger partial charge >= 0.3 is 0 Å². The summed E-state index contributed by atoms with van der Waals surface area (Å²) < 4.78 is 11.6. The van der Waals surface area contributed by atoms with E-state index >= 15 is 0 Å². The van der Waals surface area contributed by atoms with E-state index in [1.54, 1.807) is 7.11 Å². The van der Waals surface area contributed by atoms with Crippen LogP contribution in [0.5, 0.6) is 11.5 Å². The lowest BCUT2D eigenvalue weighted by Crippen LogP contribution is -2.29. The van der Waals surface area contributed by atoms with E-state index in [-0.39, 0.29) is 0 Å². The Hall–Kier alpha value is -1.26. The van der Waals surface area contributed by atoms with Crippen molar-refractivity contribution < 1.29 is 14.3 Å². The first-order chi connectivity index (χ1) is 9.86. The molecule has 1 heterocycles. The zero-order chi connectivity index (χ0) is 13.8. The zero-order valence-corrected chi connectivity index (χ0v) is 12.1. The second kappa shape index (κ2) is 6.46. The molecule has 1 aliphatic carbocycles. The summed E-state index contributed by atoms with van der Waals surface area (Å²) in [6.45, 7) is 1.62. The molecule has 110 valence electrons. The largest absolute Gasteiger partial charge is 0.493 e. The Balaban J connectivity index is 1.78. The summed E-state index contributed by atoms with van der Waals surface area (Å²) in [5.74, 6) is 2.21. The minimum Gasteiger partial charge on any atom is -0.493 e. The van der Waals surface area contributed by atoms with Crippen molar-refractivity contribution >= 4 is 0 Å². The van der Waals surface area contributed by atoms with Crippen molar-refractivity contribution in [3.63, 3.8) is 0 Å². The highest BCUT2D eigenvalue weighted by atomic mass is 16.6. The van der Waals surface area contributed by atoms with Gasteiger partial charge in [0.15, 0.2) is 11.5 Å². The van der Waals surface area contributed by atoms with Crippen LogP contribution < -0.4 is 15.0 Å². The van der Waals surface area contributed by atoms with Crippen LogP contribution in [0.2, 0.25) is 0 Å². The number of nitrogens with one attached hydrogen (secondary N) is 1. The Morgan fingerprint density at radius 3 is 2.70 bits per heavy atom. The fourth-order valence-corrected chi connectivity index (χ4v) is 3.04. The van der Waals surface area contributed by atoms with Crippen LogP contribution in [-0.2, 0) is 4.84 Å². The standard InChI is InChI=1S/C16H23NO3/c1-18-15-7-6-12(13-8-9-19-17-11-13)10-16(15)20-14-4-2-3-5-14/h6-7,10,13-14,17H,2-5,8-9,11H2,1H3. The van der Waals surface area contributed by atoms with Crippen LogP contribution in [0.25, 0.3) is 0 Å². The van der Waals surface area contributed by atoms with Gasteiger partial charge in [0.2, 0.25) is 0 Å². The highest BCUT2D eigenvalue weighted by Gasteiger charge is 2.21. The van der Waals surface area contributed by atoms with Crippen LogP contribution in [0.4, 0.5) is 0 Å². The third-order valence-corrected chi connectivity index (χ3v) is 4.26. The summed E-state index contributed by atoms with van der Waals surface area (Å²) in [4.78, 5) is 5.20. The lowest BCUT2D eigenvalue weighted by molar-refractivity contribution is 0.00404. The van der Waals surface area contributed by atoms with Crippen molar-refractivity contribution in [3.8, 4) is 11.5 Å². The molecule has 1 aromatic rings. The number of rotatable bonds is 4. The fraction of sp³-hybridized carbons (Fsp3) is 0.625. The Kier molecular flexibility index (Phi) is 4.43. The molecule has 1 saturated heterocycles. The van der Waals surface area contributed by atoms with Crippen molar-refractivity contribution in [1.82, 2.24) is 5.48 Å². The molecule has 0 bridgehead atoms. The summed E-state index contributed by atoms with van der Waals surface area (Å²) in [6.07, 6.45) is 6.26. The van der Waals surface area contributed by atoms with Gasteiger partial charge in [-0.1, -0.05) is 6.07 Å². The average Bonchev–Trinajstić information content (AvgIpc) is 3.01. The van der Waals surface area contributed by atoms with Crippen LogP contribution in [0.3, 0.4) is 0 Å². The van der Waals surface area contributed by atoms with Gasteiger partial charge in [-0.2, -0.15) is 0 Å². The molecule has 0 aromatic heterocycles. The Labute approximate surface area is 120 Å². The zero-order valence-electron chi connectivity index (χ0n) is 12.1. The van der Waals surface area contributed by atoms with Crippen LogP contribution >= 0.6 is 0 Å². The predicted octanol–water partition coefficient (Wildman–Crippen LogP) is 3.03. The van der Waals surface area contributed by atoms with E-state index in [0.717, 1.165) is 43.9 Å². The third-order valence-electron chi connectivity index (χ3n) is 4.26. The Morgan fingerprint density at radius 1 is 1.15 bits per heavy atom. The predicted molar refractivity (Wildman–Crippen MR) is 77.2 cm³/mol. The van der Waals surface area contributed by atoms with E-state index in [4.69, 9.17) is 14.3 Å². The van der Waals surface area contributed by atoms with Gasteiger partial charge in [0.1, 0.15) is 0 Å².